The molecule has 1 amide bonds. The molecule has 4 rings (SSSR count). The zero-order chi connectivity index (χ0) is 24.1. The smallest absolute Gasteiger partial charge is 0.250 e. The van der Waals surface area contributed by atoms with Gasteiger partial charge in [-0.25, -0.2) is 5.43 Å². The highest BCUT2D eigenvalue weighted by Gasteiger charge is 2.17. The molecule has 0 aliphatic rings. The Balaban J connectivity index is 1.52. The zero-order valence-corrected chi connectivity index (χ0v) is 21.7. The molecule has 0 atom stereocenters. The monoisotopic (exact) mass is 553 g/mol. The number of carbonyl (C=O) groups excluding carboxylic acids is 1. The average molecular weight is 555 g/mol. The largest absolute Gasteiger partial charge is 0.272 e. The third-order valence-corrected chi connectivity index (χ3v) is 6.68. The first-order valence-electron chi connectivity index (χ1n) is 10.4. The molecule has 6 nitrogen and oxygen atoms in total. The van der Waals surface area contributed by atoms with Crippen molar-refractivity contribution in [1.29, 1.82) is 0 Å². The van der Waals surface area contributed by atoms with Gasteiger partial charge in [0.1, 0.15) is 0 Å². The van der Waals surface area contributed by atoms with Crippen molar-refractivity contribution >= 4 is 50.9 Å². The maximum absolute atomic E-state index is 12.5. The first kappa shape index (κ1) is 24.2. The molecule has 1 N–H and O–H groups in total. The van der Waals surface area contributed by atoms with E-state index in [-0.39, 0.29) is 11.7 Å². The zero-order valence-electron chi connectivity index (χ0n) is 18.5. The van der Waals surface area contributed by atoms with Crippen LogP contribution >= 0.6 is 39.3 Å². The Morgan fingerprint density at radius 3 is 2.38 bits per heavy atom. The lowest BCUT2D eigenvalue weighted by atomic mass is 10.1. The first-order valence-corrected chi connectivity index (χ1v) is 12.6. The van der Waals surface area contributed by atoms with E-state index in [0.717, 1.165) is 32.6 Å². The fourth-order valence-electron chi connectivity index (χ4n) is 3.14. The molecule has 0 saturated heterocycles. The van der Waals surface area contributed by atoms with Gasteiger partial charge >= 0.3 is 0 Å². The summed E-state index contributed by atoms with van der Waals surface area (Å²) in [6.07, 6.45) is 0. The second-order valence-electron chi connectivity index (χ2n) is 7.51. The van der Waals surface area contributed by atoms with Crippen molar-refractivity contribution in [2.24, 2.45) is 5.10 Å². The Labute approximate surface area is 215 Å². The van der Waals surface area contributed by atoms with Crippen molar-refractivity contribution in [3.05, 3.63) is 93.4 Å². The van der Waals surface area contributed by atoms with Gasteiger partial charge in [0, 0.05) is 20.7 Å². The van der Waals surface area contributed by atoms with Crippen LogP contribution < -0.4 is 5.43 Å². The number of carbonyl (C=O) groups is 1. The quantitative estimate of drug-likeness (QED) is 0.166. The molecule has 0 unspecified atom stereocenters. The van der Waals surface area contributed by atoms with Gasteiger partial charge in [-0.15, -0.1) is 10.2 Å². The molecule has 0 bridgehead atoms. The van der Waals surface area contributed by atoms with Crippen LogP contribution in [0.4, 0.5) is 0 Å². The molecule has 1 aromatic heterocycles. The van der Waals surface area contributed by atoms with E-state index in [0.29, 0.717) is 16.0 Å². The number of nitrogens with one attached hydrogen (secondary N) is 1. The number of aromatic nitrogens is 3. The third kappa shape index (κ3) is 5.94. The molecular weight excluding hydrogens is 534 g/mol. The molecular formula is C25H21BrClN5OS. The third-order valence-electron chi connectivity index (χ3n) is 4.97. The number of hydrogen-bond donors (Lipinski definition) is 1. The van der Waals surface area contributed by atoms with Crippen molar-refractivity contribution in [2.45, 2.75) is 19.0 Å². The topological polar surface area (TPSA) is 72.2 Å². The molecule has 0 saturated carbocycles. The minimum atomic E-state index is -0.229. The van der Waals surface area contributed by atoms with Gasteiger partial charge in [-0.1, -0.05) is 69.1 Å². The van der Waals surface area contributed by atoms with Crippen molar-refractivity contribution in [3.63, 3.8) is 0 Å². The van der Waals surface area contributed by atoms with E-state index in [2.05, 4.69) is 36.7 Å². The normalized spacial score (nSPS) is 11.5. The fraction of sp³-hybridized carbons (Fsp3) is 0.120. The van der Waals surface area contributed by atoms with Crippen molar-refractivity contribution in [2.75, 3.05) is 5.75 Å². The van der Waals surface area contributed by atoms with E-state index in [1.165, 1.54) is 11.8 Å². The maximum Gasteiger partial charge on any atom is 0.250 e. The number of thioether (sulfide) groups is 1. The Morgan fingerprint density at radius 1 is 1.03 bits per heavy atom. The number of nitrogens with zero attached hydrogens (tertiary/aromatic N) is 4. The Kier molecular flexibility index (Phi) is 7.82. The molecule has 0 fully saturated rings. The molecule has 0 spiro atoms. The van der Waals surface area contributed by atoms with Gasteiger partial charge in [0.25, 0.3) is 5.91 Å². The van der Waals surface area contributed by atoms with E-state index in [1.54, 1.807) is 0 Å². The molecule has 4 aromatic rings. The lowest BCUT2D eigenvalue weighted by Crippen LogP contribution is -2.21. The standard InChI is InChI=1S/C25H21BrClN5OS/c1-16-3-13-22(14-4-16)32-24(19-7-11-21(27)12-8-19)30-31-25(32)34-15-23(33)29-28-17(2)18-5-9-20(26)10-6-18/h3-14H,15H2,1-2H3,(H,29,33)/b28-17-. The van der Waals surface area contributed by atoms with Crippen LogP contribution in [-0.4, -0.2) is 32.1 Å². The number of hydrazone groups is 1. The Morgan fingerprint density at radius 2 is 1.71 bits per heavy atom. The van der Waals surface area contributed by atoms with E-state index < -0.39 is 0 Å². The number of halogens is 2. The van der Waals surface area contributed by atoms with Gasteiger partial charge in [-0.3, -0.25) is 9.36 Å². The molecule has 1 heterocycles. The minimum Gasteiger partial charge on any atom is -0.272 e. The second kappa shape index (κ2) is 11.0. The molecule has 0 aliphatic heterocycles. The van der Waals surface area contributed by atoms with Gasteiger partial charge < -0.3 is 0 Å². The second-order valence-corrected chi connectivity index (χ2v) is 9.81. The summed E-state index contributed by atoms with van der Waals surface area (Å²) in [6.45, 7) is 3.88. The van der Waals surface area contributed by atoms with E-state index in [9.17, 15) is 4.79 Å². The summed E-state index contributed by atoms with van der Waals surface area (Å²) in [6, 6.07) is 23.2. The Hall–Kier alpha value is -2.94. The van der Waals surface area contributed by atoms with Gasteiger partial charge in [0.05, 0.1) is 11.5 Å². The summed E-state index contributed by atoms with van der Waals surface area (Å²) < 4.78 is 2.93. The van der Waals surface area contributed by atoms with Crippen molar-refractivity contribution in [3.8, 4) is 17.1 Å². The van der Waals surface area contributed by atoms with Gasteiger partial charge in [-0.2, -0.15) is 5.10 Å². The average Bonchev–Trinajstić information content (AvgIpc) is 3.26. The van der Waals surface area contributed by atoms with Crippen molar-refractivity contribution < 1.29 is 4.79 Å². The SMILES string of the molecule is C/C(=N/NC(=O)CSc1nnc(-c2ccc(Cl)cc2)n1-c1ccc(C)cc1)c1ccc(Br)cc1. The number of hydrogen-bond acceptors (Lipinski definition) is 5. The summed E-state index contributed by atoms with van der Waals surface area (Å²) in [7, 11) is 0. The van der Waals surface area contributed by atoms with Crippen LogP contribution in [0.1, 0.15) is 18.1 Å². The van der Waals surface area contributed by atoms with Gasteiger partial charge in [-0.05, 0) is 67.9 Å². The van der Waals surface area contributed by atoms with E-state index in [4.69, 9.17) is 11.6 Å². The van der Waals surface area contributed by atoms with Crippen LogP contribution in [0.25, 0.3) is 17.1 Å². The summed E-state index contributed by atoms with van der Waals surface area (Å²) in [4.78, 5) is 12.5. The predicted octanol–water partition coefficient (Wildman–Crippen LogP) is 6.29. The van der Waals surface area contributed by atoms with E-state index in [1.807, 2.05) is 91.2 Å². The van der Waals surface area contributed by atoms with Crippen LogP contribution in [0.2, 0.25) is 5.02 Å². The van der Waals surface area contributed by atoms with Crippen LogP contribution in [0.5, 0.6) is 0 Å². The molecule has 3 aromatic carbocycles. The number of rotatable bonds is 7. The summed E-state index contributed by atoms with van der Waals surface area (Å²) in [5.74, 6) is 0.586. The molecule has 0 radical (unpaired) electrons. The van der Waals surface area contributed by atoms with E-state index >= 15 is 0 Å². The summed E-state index contributed by atoms with van der Waals surface area (Å²) in [5.41, 5.74) is 7.21. The highest BCUT2D eigenvalue weighted by Crippen LogP contribution is 2.28. The summed E-state index contributed by atoms with van der Waals surface area (Å²) >= 11 is 10.8. The maximum atomic E-state index is 12.5. The van der Waals surface area contributed by atoms with Crippen LogP contribution in [0.15, 0.2) is 87.5 Å². The summed E-state index contributed by atoms with van der Waals surface area (Å²) in [5, 5.41) is 14.2. The van der Waals surface area contributed by atoms with Crippen LogP contribution in [0, 0.1) is 6.92 Å². The minimum absolute atomic E-state index is 0.141. The Bertz CT molecular complexity index is 1320. The molecule has 172 valence electrons. The predicted molar refractivity (Wildman–Crippen MR) is 142 cm³/mol. The first-order chi connectivity index (χ1) is 16.4. The van der Waals surface area contributed by atoms with Crippen molar-refractivity contribution in [1.82, 2.24) is 20.2 Å². The highest BCUT2D eigenvalue weighted by molar-refractivity contribution is 9.10. The highest BCUT2D eigenvalue weighted by atomic mass is 79.9. The number of amides is 1. The lowest BCUT2D eigenvalue weighted by molar-refractivity contribution is -0.118. The van der Waals surface area contributed by atoms with Crippen LogP contribution in [0.3, 0.4) is 0 Å². The molecule has 34 heavy (non-hydrogen) atoms. The lowest BCUT2D eigenvalue weighted by Gasteiger charge is -2.11. The van der Waals surface area contributed by atoms with Gasteiger partial charge in [0.2, 0.25) is 0 Å². The number of aryl methyl sites for hydroxylation is 1. The molecule has 9 heteroatoms. The number of benzene rings is 3. The van der Waals surface area contributed by atoms with Gasteiger partial charge in [0.15, 0.2) is 11.0 Å². The molecule has 0 aliphatic carbocycles. The fourth-order valence-corrected chi connectivity index (χ4v) is 4.27. The van der Waals surface area contributed by atoms with Crippen LogP contribution in [-0.2, 0) is 4.79 Å².